The minimum absolute atomic E-state index is 0.202. The highest BCUT2D eigenvalue weighted by Crippen LogP contribution is 2.16. The summed E-state index contributed by atoms with van der Waals surface area (Å²) in [6.07, 6.45) is -1.39. The highest BCUT2D eigenvalue weighted by Gasteiger charge is 2.37. The first kappa shape index (κ1) is 8.01. The van der Waals surface area contributed by atoms with Crippen LogP contribution in [0.15, 0.2) is 0 Å². The maximum atomic E-state index is 9.08. The molecule has 10 heavy (non-hydrogen) atoms. The van der Waals surface area contributed by atoms with Crippen molar-refractivity contribution in [2.24, 2.45) is 5.73 Å². The van der Waals surface area contributed by atoms with E-state index in [0.717, 1.165) is 0 Å². The van der Waals surface area contributed by atoms with Gasteiger partial charge in [-0.05, 0) is 0 Å². The van der Waals surface area contributed by atoms with Gasteiger partial charge in [0.05, 0.1) is 24.9 Å². The molecule has 0 aromatic rings. The van der Waals surface area contributed by atoms with Crippen LogP contribution in [0.2, 0.25) is 0 Å². The molecular weight excluding hydrogens is 133 g/mol. The summed E-state index contributed by atoms with van der Waals surface area (Å²) in [6, 6.07) is -1.33. The molecule has 0 aromatic carbocycles. The van der Waals surface area contributed by atoms with Gasteiger partial charge in [0.25, 0.3) is 0 Å². The molecule has 1 heterocycles. The minimum atomic E-state index is -0.864. The van der Waals surface area contributed by atoms with Gasteiger partial charge in [-0.3, -0.25) is 0 Å². The van der Waals surface area contributed by atoms with E-state index in [1.54, 1.807) is 0 Å². The number of aliphatic hydroxyl groups excluding tert-OH is 2. The Bertz CT molecular complexity index is 123. The lowest BCUT2D eigenvalue weighted by Gasteiger charge is -2.11. The first-order chi connectivity index (χ1) is 4.66. The van der Waals surface area contributed by atoms with Crippen LogP contribution < -0.4 is 5.73 Å². The molecular formula is C5H10BNO3. The van der Waals surface area contributed by atoms with Gasteiger partial charge in [0, 0.05) is 6.00 Å². The fourth-order valence-electron chi connectivity index (χ4n) is 0.977. The van der Waals surface area contributed by atoms with Crippen LogP contribution in [0.4, 0.5) is 0 Å². The third-order valence-electron chi connectivity index (χ3n) is 1.67. The van der Waals surface area contributed by atoms with E-state index < -0.39 is 24.3 Å². The second kappa shape index (κ2) is 2.88. The zero-order valence-electron chi connectivity index (χ0n) is 5.47. The molecule has 1 rings (SSSR count). The second-order valence-electron chi connectivity index (χ2n) is 2.39. The van der Waals surface area contributed by atoms with Crippen LogP contribution in [0.25, 0.3) is 0 Å². The van der Waals surface area contributed by atoms with E-state index >= 15 is 0 Å². The molecule has 4 N–H and O–H groups in total. The molecule has 1 fully saturated rings. The van der Waals surface area contributed by atoms with E-state index in [4.69, 9.17) is 28.5 Å². The summed E-state index contributed by atoms with van der Waals surface area (Å²) in [7, 11) is 5.27. The van der Waals surface area contributed by atoms with Gasteiger partial charge in [0.15, 0.2) is 0 Å². The summed E-state index contributed by atoms with van der Waals surface area (Å²) in [5.41, 5.74) is 5.41. The van der Waals surface area contributed by atoms with Gasteiger partial charge in [-0.15, -0.1) is 0 Å². The summed E-state index contributed by atoms with van der Waals surface area (Å²) < 4.78 is 4.89. The van der Waals surface area contributed by atoms with Gasteiger partial charge in [-0.2, -0.15) is 0 Å². The van der Waals surface area contributed by atoms with Crippen molar-refractivity contribution in [3.8, 4) is 0 Å². The Labute approximate surface area is 60.4 Å². The van der Waals surface area contributed by atoms with Crippen molar-refractivity contribution in [2.75, 3.05) is 6.61 Å². The molecule has 0 spiro atoms. The fraction of sp³-hybridized carbons (Fsp3) is 1.00. The molecule has 0 bridgehead atoms. The average Bonchev–Trinajstić information content (AvgIpc) is 2.17. The first-order valence-corrected chi connectivity index (χ1v) is 3.12. The standard InChI is InChI=1S/C5H10BNO3/c6-5-4(9)3(7)2(1-8)10-5/h2-5,8-9H,1,7H2. The van der Waals surface area contributed by atoms with E-state index in [0.29, 0.717) is 0 Å². The number of aliphatic hydroxyl groups is 2. The van der Waals surface area contributed by atoms with E-state index in [1.807, 2.05) is 0 Å². The smallest absolute Gasteiger partial charge is 0.112 e. The Morgan fingerprint density at radius 2 is 2.20 bits per heavy atom. The molecule has 56 valence electrons. The normalized spacial score (nSPS) is 47.9. The number of hydrogen-bond donors (Lipinski definition) is 3. The lowest BCUT2D eigenvalue weighted by molar-refractivity contribution is 0.0290. The molecule has 5 heteroatoms. The maximum Gasteiger partial charge on any atom is 0.112 e. The second-order valence-corrected chi connectivity index (χ2v) is 2.39. The van der Waals surface area contributed by atoms with Crippen LogP contribution in [-0.2, 0) is 4.74 Å². The van der Waals surface area contributed by atoms with Crippen molar-refractivity contribution in [1.29, 1.82) is 0 Å². The molecule has 1 saturated heterocycles. The Balaban J connectivity index is 2.53. The van der Waals surface area contributed by atoms with Crippen molar-refractivity contribution in [1.82, 2.24) is 0 Å². The quantitative estimate of drug-likeness (QED) is 0.356. The number of hydrogen-bond acceptors (Lipinski definition) is 4. The summed E-state index contributed by atoms with van der Waals surface area (Å²) in [5, 5.41) is 17.7. The lowest BCUT2D eigenvalue weighted by Crippen LogP contribution is -2.41. The molecule has 0 amide bonds. The zero-order chi connectivity index (χ0) is 7.72. The molecule has 4 unspecified atom stereocenters. The van der Waals surface area contributed by atoms with E-state index in [9.17, 15) is 0 Å². The Morgan fingerprint density at radius 1 is 1.60 bits per heavy atom. The van der Waals surface area contributed by atoms with Crippen molar-refractivity contribution in [3.05, 3.63) is 0 Å². The number of ether oxygens (including phenoxy) is 1. The Hall–Kier alpha value is -0.0951. The topological polar surface area (TPSA) is 75.7 Å². The minimum Gasteiger partial charge on any atom is -0.394 e. The van der Waals surface area contributed by atoms with E-state index in [2.05, 4.69) is 0 Å². The molecule has 2 radical (unpaired) electrons. The highest BCUT2D eigenvalue weighted by molar-refractivity contribution is 6.11. The molecule has 1 aliphatic heterocycles. The van der Waals surface area contributed by atoms with Gasteiger partial charge < -0.3 is 20.7 Å². The molecule has 0 aliphatic carbocycles. The van der Waals surface area contributed by atoms with E-state index in [-0.39, 0.29) is 6.61 Å². The fourth-order valence-corrected chi connectivity index (χ4v) is 0.977. The van der Waals surface area contributed by atoms with E-state index in [1.165, 1.54) is 0 Å². The van der Waals surface area contributed by atoms with Crippen molar-refractivity contribution < 1.29 is 14.9 Å². The molecule has 1 aliphatic rings. The van der Waals surface area contributed by atoms with Crippen molar-refractivity contribution >= 4 is 7.85 Å². The predicted molar refractivity (Wildman–Crippen MR) is 35.5 cm³/mol. The van der Waals surface area contributed by atoms with Gasteiger partial charge in [-0.25, -0.2) is 0 Å². The summed E-state index contributed by atoms with van der Waals surface area (Å²) in [5.74, 6) is 0. The van der Waals surface area contributed by atoms with Crippen LogP contribution >= 0.6 is 0 Å². The van der Waals surface area contributed by atoms with Crippen LogP contribution in [0.3, 0.4) is 0 Å². The Morgan fingerprint density at radius 3 is 2.40 bits per heavy atom. The summed E-state index contributed by atoms with van der Waals surface area (Å²) in [6.45, 7) is -0.202. The third-order valence-corrected chi connectivity index (χ3v) is 1.67. The number of rotatable bonds is 1. The molecule has 0 aromatic heterocycles. The van der Waals surface area contributed by atoms with Gasteiger partial charge in [0.1, 0.15) is 7.85 Å². The molecule has 0 saturated carbocycles. The van der Waals surface area contributed by atoms with Gasteiger partial charge in [0.2, 0.25) is 0 Å². The third kappa shape index (κ3) is 1.18. The SMILES string of the molecule is [B]C1OC(CO)C(N)C1O. The summed E-state index contributed by atoms with van der Waals surface area (Å²) >= 11 is 0. The summed E-state index contributed by atoms with van der Waals surface area (Å²) in [4.78, 5) is 0. The average molecular weight is 143 g/mol. The van der Waals surface area contributed by atoms with Crippen LogP contribution in [0.5, 0.6) is 0 Å². The maximum absolute atomic E-state index is 9.08. The zero-order valence-corrected chi connectivity index (χ0v) is 5.47. The molecule has 4 nitrogen and oxygen atoms in total. The first-order valence-electron chi connectivity index (χ1n) is 3.12. The monoisotopic (exact) mass is 143 g/mol. The van der Waals surface area contributed by atoms with Crippen molar-refractivity contribution in [3.63, 3.8) is 0 Å². The predicted octanol–water partition coefficient (Wildman–Crippen LogP) is -2.44. The number of nitrogens with two attached hydrogens (primary N) is 1. The van der Waals surface area contributed by atoms with Crippen LogP contribution in [0, 0.1) is 0 Å². The Kier molecular flexibility index (Phi) is 2.30. The van der Waals surface area contributed by atoms with Crippen LogP contribution in [-0.4, -0.2) is 48.9 Å². The van der Waals surface area contributed by atoms with Gasteiger partial charge in [-0.1, -0.05) is 0 Å². The van der Waals surface area contributed by atoms with Gasteiger partial charge >= 0.3 is 0 Å². The van der Waals surface area contributed by atoms with Crippen LogP contribution in [0.1, 0.15) is 0 Å². The lowest BCUT2D eigenvalue weighted by atomic mass is 9.92. The molecule has 4 atom stereocenters. The van der Waals surface area contributed by atoms with Crippen molar-refractivity contribution in [2.45, 2.75) is 24.3 Å². The largest absolute Gasteiger partial charge is 0.394 e. The highest BCUT2D eigenvalue weighted by atomic mass is 16.5.